The van der Waals surface area contributed by atoms with E-state index in [0.29, 0.717) is 6.04 Å². The third-order valence-corrected chi connectivity index (χ3v) is 4.63. The lowest BCUT2D eigenvalue weighted by atomic mass is 9.97. The van der Waals surface area contributed by atoms with Crippen LogP contribution in [0.15, 0.2) is 24.3 Å². The van der Waals surface area contributed by atoms with Crippen molar-refractivity contribution in [2.45, 2.75) is 38.4 Å². The zero-order valence-electron chi connectivity index (χ0n) is 12.3. The van der Waals surface area contributed by atoms with Crippen molar-refractivity contribution < 1.29 is 0 Å². The Labute approximate surface area is 126 Å². The van der Waals surface area contributed by atoms with Crippen molar-refractivity contribution in [1.82, 2.24) is 4.90 Å². The number of hydrogen-bond donors (Lipinski definition) is 1. The minimum atomic E-state index is 0.0424. The summed E-state index contributed by atoms with van der Waals surface area (Å²) in [4.78, 5) is 2.38. The van der Waals surface area contributed by atoms with Crippen molar-refractivity contribution in [3.8, 4) is 0 Å². The van der Waals surface area contributed by atoms with Crippen LogP contribution in [0, 0.1) is 0 Å². The van der Waals surface area contributed by atoms with Crippen molar-refractivity contribution in [2.24, 2.45) is 5.73 Å². The number of thioether (sulfide) groups is 1. The standard InChI is InChI=1S/C15H25ClN2S/c1-5-12(10-19-4)18(3)15(11(2)17)13-8-6-7-9-14(13)16/h6-9,11-12,15H,5,10,17H2,1-4H3. The van der Waals surface area contributed by atoms with Crippen molar-refractivity contribution >= 4 is 23.4 Å². The van der Waals surface area contributed by atoms with Crippen molar-refractivity contribution in [3.63, 3.8) is 0 Å². The topological polar surface area (TPSA) is 29.3 Å². The van der Waals surface area contributed by atoms with Crippen LogP contribution in [0.2, 0.25) is 5.02 Å². The predicted molar refractivity (Wildman–Crippen MR) is 88.1 cm³/mol. The van der Waals surface area contributed by atoms with Crippen LogP contribution < -0.4 is 5.73 Å². The van der Waals surface area contributed by atoms with E-state index in [0.717, 1.165) is 22.8 Å². The van der Waals surface area contributed by atoms with Gasteiger partial charge in [0.25, 0.3) is 0 Å². The average molecular weight is 301 g/mol. The third-order valence-electron chi connectivity index (χ3n) is 3.57. The number of nitrogens with two attached hydrogens (primary N) is 1. The number of halogens is 1. The molecule has 0 bridgehead atoms. The van der Waals surface area contributed by atoms with Gasteiger partial charge in [0.2, 0.25) is 0 Å². The molecule has 108 valence electrons. The Morgan fingerprint density at radius 3 is 2.47 bits per heavy atom. The van der Waals surface area contributed by atoms with Crippen molar-refractivity contribution in [3.05, 3.63) is 34.9 Å². The Bertz CT molecular complexity index is 384. The highest BCUT2D eigenvalue weighted by atomic mass is 35.5. The highest BCUT2D eigenvalue weighted by Gasteiger charge is 2.27. The summed E-state index contributed by atoms with van der Waals surface area (Å²) >= 11 is 8.22. The van der Waals surface area contributed by atoms with Crippen LogP contribution in [-0.4, -0.2) is 36.0 Å². The Balaban J connectivity index is 3.04. The first-order valence-electron chi connectivity index (χ1n) is 6.73. The van der Waals surface area contributed by atoms with Crippen LogP contribution in [0.25, 0.3) is 0 Å². The molecule has 0 saturated heterocycles. The Morgan fingerprint density at radius 2 is 2.00 bits per heavy atom. The molecule has 0 aliphatic heterocycles. The van der Waals surface area contributed by atoms with Gasteiger partial charge in [-0.15, -0.1) is 0 Å². The third kappa shape index (κ3) is 4.38. The molecule has 0 aliphatic carbocycles. The minimum absolute atomic E-state index is 0.0424. The van der Waals surface area contributed by atoms with Crippen LogP contribution in [0.3, 0.4) is 0 Å². The number of benzene rings is 1. The van der Waals surface area contributed by atoms with E-state index in [1.165, 1.54) is 0 Å². The zero-order chi connectivity index (χ0) is 14.4. The summed E-state index contributed by atoms with van der Waals surface area (Å²) in [5.74, 6) is 1.11. The second kappa shape index (κ2) is 8.15. The molecule has 0 amide bonds. The van der Waals surface area contributed by atoms with Gasteiger partial charge in [0.05, 0.1) is 6.04 Å². The van der Waals surface area contributed by atoms with E-state index in [1.54, 1.807) is 0 Å². The smallest absolute Gasteiger partial charge is 0.0511 e. The highest BCUT2D eigenvalue weighted by molar-refractivity contribution is 7.98. The second-order valence-electron chi connectivity index (χ2n) is 5.01. The molecule has 2 nitrogen and oxygen atoms in total. The van der Waals surface area contributed by atoms with E-state index >= 15 is 0 Å². The van der Waals surface area contributed by atoms with Gasteiger partial charge >= 0.3 is 0 Å². The summed E-state index contributed by atoms with van der Waals surface area (Å²) in [7, 11) is 2.15. The molecule has 0 saturated carbocycles. The number of likely N-dealkylation sites (N-methyl/N-ethyl adjacent to an activating group) is 1. The molecule has 4 heteroatoms. The van der Waals surface area contributed by atoms with Gasteiger partial charge in [-0.25, -0.2) is 0 Å². The van der Waals surface area contributed by atoms with Gasteiger partial charge < -0.3 is 5.73 Å². The molecular weight excluding hydrogens is 276 g/mol. The molecule has 0 fully saturated rings. The highest BCUT2D eigenvalue weighted by Crippen LogP contribution is 2.31. The van der Waals surface area contributed by atoms with Gasteiger partial charge in [0, 0.05) is 22.9 Å². The number of hydrogen-bond acceptors (Lipinski definition) is 3. The summed E-state index contributed by atoms with van der Waals surface area (Å²) in [5.41, 5.74) is 7.35. The van der Waals surface area contributed by atoms with Crippen LogP contribution in [0.5, 0.6) is 0 Å². The molecule has 0 heterocycles. The first-order chi connectivity index (χ1) is 9.02. The average Bonchev–Trinajstić information content (AvgIpc) is 2.38. The predicted octanol–water partition coefficient (Wildman–Crippen LogP) is 3.80. The molecule has 0 aromatic heterocycles. The van der Waals surface area contributed by atoms with Gasteiger partial charge in [-0.05, 0) is 38.3 Å². The molecule has 0 aliphatic rings. The first kappa shape index (κ1) is 16.8. The van der Waals surface area contributed by atoms with E-state index in [1.807, 2.05) is 30.0 Å². The molecule has 0 radical (unpaired) electrons. The maximum absolute atomic E-state index is 6.34. The maximum Gasteiger partial charge on any atom is 0.0511 e. The second-order valence-corrected chi connectivity index (χ2v) is 6.33. The lowest BCUT2D eigenvalue weighted by Gasteiger charge is -2.37. The fourth-order valence-corrected chi connectivity index (χ4v) is 3.63. The van der Waals surface area contributed by atoms with Crippen LogP contribution in [0.1, 0.15) is 31.9 Å². The molecule has 3 unspecified atom stereocenters. The Morgan fingerprint density at radius 1 is 1.37 bits per heavy atom. The zero-order valence-corrected chi connectivity index (χ0v) is 13.8. The number of nitrogens with zero attached hydrogens (tertiary/aromatic N) is 1. The summed E-state index contributed by atoms with van der Waals surface area (Å²) in [6, 6.07) is 8.73. The van der Waals surface area contributed by atoms with Gasteiger partial charge in [0.15, 0.2) is 0 Å². The summed E-state index contributed by atoms with van der Waals surface area (Å²) in [6.45, 7) is 4.28. The molecule has 19 heavy (non-hydrogen) atoms. The van der Waals surface area contributed by atoms with Crippen LogP contribution in [0.4, 0.5) is 0 Å². The van der Waals surface area contributed by atoms with E-state index < -0.39 is 0 Å². The van der Waals surface area contributed by atoms with E-state index in [4.69, 9.17) is 17.3 Å². The molecular formula is C15H25ClN2S. The van der Waals surface area contributed by atoms with Crippen molar-refractivity contribution in [2.75, 3.05) is 19.1 Å². The quantitative estimate of drug-likeness (QED) is 0.830. The number of rotatable bonds is 7. The largest absolute Gasteiger partial charge is 0.326 e. The fraction of sp³-hybridized carbons (Fsp3) is 0.600. The molecule has 1 aromatic carbocycles. The lowest BCUT2D eigenvalue weighted by Crippen LogP contribution is -2.43. The SMILES string of the molecule is CCC(CSC)N(C)C(c1ccccc1Cl)C(C)N. The summed E-state index contributed by atoms with van der Waals surface area (Å²) < 4.78 is 0. The lowest BCUT2D eigenvalue weighted by molar-refractivity contribution is 0.164. The maximum atomic E-state index is 6.34. The van der Waals surface area contributed by atoms with Gasteiger partial charge in [-0.2, -0.15) is 11.8 Å². The normalized spacial score (nSPS) is 16.4. The molecule has 3 atom stereocenters. The molecule has 2 N–H and O–H groups in total. The van der Waals surface area contributed by atoms with Gasteiger partial charge in [-0.3, -0.25) is 4.90 Å². The van der Waals surface area contributed by atoms with Gasteiger partial charge in [-0.1, -0.05) is 36.7 Å². The van der Waals surface area contributed by atoms with Crippen molar-refractivity contribution in [1.29, 1.82) is 0 Å². The van der Waals surface area contributed by atoms with Crippen LogP contribution in [-0.2, 0) is 0 Å². The summed E-state index contributed by atoms with van der Waals surface area (Å²) in [5, 5.41) is 0.802. The fourth-order valence-electron chi connectivity index (χ4n) is 2.53. The van der Waals surface area contributed by atoms with E-state index in [2.05, 4.69) is 38.1 Å². The first-order valence-corrected chi connectivity index (χ1v) is 8.50. The molecule has 0 spiro atoms. The van der Waals surface area contributed by atoms with Gasteiger partial charge in [0.1, 0.15) is 0 Å². The Kier molecular flexibility index (Phi) is 7.22. The monoisotopic (exact) mass is 300 g/mol. The van der Waals surface area contributed by atoms with E-state index in [9.17, 15) is 0 Å². The molecule has 1 aromatic rings. The van der Waals surface area contributed by atoms with Crippen LogP contribution >= 0.6 is 23.4 Å². The Hall–Kier alpha value is -0.220. The minimum Gasteiger partial charge on any atom is -0.326 e. The van der Waals surface area contributed by atoms with E-state index in [-0.39, 0.29) is 12.1 Å². The molecule has 1 rings (SSSR count). The summed E-state index contributed by atoms with van der Waals surface area (Å²) in [6.07, 6.45) is 3.26.